The van der Waals surface area contributed by atoms with Crippen LogP contribution in [0.25, 0.3) is 5.57 Å². The second-order valence-corrected chi connectivity index (χ2v) is 6.24. The van der Waals surface area contributed by atoms with Crippen LogP contribution in [-0.2, 0) is 11.2 Å². The Bertz CT molecular complexity index is 538. The minimum Gasteiger partial charge on any atom is -0.478 e. The minimum atomic E-state index is -0.924. The zero-order chi connectivity index (χ0) is 14.1. The lowest BCUT2D eigenvalue weighted by Crippen LogP contribution is -2.14. The van der Waals surface area contributed by atoms with E-state index < -0.39 is 5.97 Å². The van der Waals surface area contributed by atoms with Gasteiger partial charge in [-0.3, -0.25) is 0 Å². The highest BCUT2D eigenvalue weighted by atomic mass is 16.4. The summed E-state index contributed by atoms with van der Waals surface area (Å²) in [5.41, 5.74) is 3.79. The standard InChI is InChI=1S/C18H22O2/c1-12(18(19)20)14-7-9-17-15(11-14)8-10-16(17)13-5-3-2-4-6-13/h7,9,11,13,16H,1-6,8,10H2,(H,19,20). The fourth-order valence-corrected chi connectivity index (χ4v) is 3.99. The van der Waals surface area contributed by atoms with E-state index in [1.807, 2.05) is 6.07 Å². The zero-order valence-electron chi connectivity index (χ0n) is 11.9. The van der Waals surface area contributed by atoms with Crippen LogP contribution < -0.4 is 0 Å². The molecule has 0 bridgehead atoms. The van der Waals surface area contributed by atoms with Crippen LogP contribution in [0.4, 0.5) is 0 Å². The molecule has 3 rings (SSSR count). The molecule has 2 nitrogen and oxygen atoms in total. The predicted molar refractivity (Wildman–Crippen MR) is 80.7 cm³/mol. The smallest absolute Gasteiger partial charge is 0.335 e. The van der Waals surface area contributed by atoms with Gasteiger partial charge in [0.25, 0.3) is 0 Å². The molecule has 1 fully saturated rings. The molecule has 1 unspecified atom stereocenters. The molecular formula is C18H22O2. The molecule has 1 aromatic rings. The van der Waals surface area contributed by atoms with E-state index in [0.717, 1.165) is 17.9 Å². The number of carbonyl (C=O) groups is 1. The molecular weight excluding hydrogens is 248 g/mol. The van der Waals surface area contributed by atoms with Crippen molar-refractivity contribution in [1.29, 1.82) is 0 Å². The third kappa shape index (κ3) is 2.39. The number of aryl methyl sites for hydroxylation is 1. The molecule has 0 aliphatic heterocycles. The summed E-state index contributed by atoms with van der Waals surface area (Å²) < 4.78 is 0. The van der Waals surface area contributed by atoms with Crippen LogP contribution in [0.15, 0.2) is 24.8 Å². The van der Waals surface area contributed by atoms with E-state index in [2.05, 4.69) is 18.7 Å². The highest BCUT2D eigenvalue weighted by molar-refractivity contribution is 6.14. The Kier molecular flexibility index (Phi) is 3.64. The highest BCUT2D eigenvalue weighted by Gasteiger charge is 2.30. The van der Waals surface area contributed by atoms with Crippen molar-refractivity contribution in [3.05, 3.63) is 41.5 Å². The van der Waals surface area contributed by atoms with Crippen molar-refractivity contribution in [1.82, 2.24) is 0 Å². The zero-order valence-corrected chi connectivity index (χ0v) is 11.9. The van der Waals surface area contributed by atoms with Crippen LogP contribution in [-0.4, -0.2) is 11.1 Å². The van der Waals surface area contributed by atoms with E-state index in [0.29, 0.717) is 5.92 Å². The lowest BCUT2D eigenvalue weighted by atomic mass is 9.77. The minimum absolute atomic E-state index is 0.203. The molecule has 2 heteroatoms. The molecule has 0 radical (unpaired) electrons. The molecule has 0 amide bonds. The molecule has 0 heterocycles. The number of hydrogen-bond donors (Lipinski definition) is 1. The summed E-state index contributed by atoms with van der Waals surface area (Å²) in [5, 5.41) is 9.04. The normalized spacial score (nSPS) is 22.5. The summed E-state index contributed by atoms with van der Waals surface area (Å²) in [6.07, 6.45) is 9.23. The first-order chi connectivity index (χ1) is 9.66. The predicted octanol–water partition coefficient (Wildman–Crippen LogP) is 4.39. The summed E-state index contributed by atoms with van der Waals surface area (Å²) in [6, 6.07) is 6.15. The monoisotopic (exact) mass is 270 g/mol. The second-order valence-electron chi connectivity index (χ2n) is 6.24. The molecule has 1 saturated carbocycles. The van der Waals surface area contributed by atoms with Gasteiger partial charge in [-0.25, -0.2) is 4.79 Å². The van der Waals surface area contributed by atoms with E-state index in [9.17, 15) is 4.79 Å². The number of rotatable bonds is 3. The van der Waals surface area contributed by atoms with Crippen molar-refractivity contribution in [2.45, 2.75) is 50.9 Å². The van der Waals surface area contributed by atoms with Gasteiger partial charge in [0, 0.05) is 0 Å². The number of fused-ring (bicyclic) bond motifs is 1. The lowest BCUT2D eigenvalue weighted by Gasteiger charge is -2.28. The first-order valence-electron chi connectivity index (χ1n) is 7.72. The molecule has 1 atom stereocenters. The van der Waals surface area contributed by atoms with Gasteiger partial charge in [-0.05, 0) is 54.2 Å². The van der Waals surface area contributed by atoms with Gasteiger partial charge in [0.05, 0.1) is 5.57 Å². The first-order valence-corrected chi connectivity index (χ1v) is 7.72. The molecule has 1 aromatic carbocycles. The molecule has 0 saturated heterocycles. The summed E-state index contributed by atoms with van der Waals surface area (Å²) in [7, 11) is 0. The Hall–Kier alpha value is -1.57. The molecule has 0 aromatic heterocycles. The Morgan fingerprint density at radius 2 is 1.90 bits per heavy atom. The van der Waals surface area contributed by atoms with Gasteiger partial charge in [-0.1, -0.05) is 44.0 Å². The summed E-state index contributed by atoms with van der Waals surface area (Å²) in [4.78, 5) is 11.0. The van der Waals surface area contributed by atoms with E-state index in [-0.39, 0.29) is 5.57 Å². The van der Waals surface area contributed by atoms with Crippen molar-refractivity contribution in [3.8, 4) is 0 Å². The van der Waals surface area contributed by atoms with Crippen molar-refractivity contribution in [2.75, 3.05) is 0 Å². The SMILES string of the molecule is C=C(C(=O)O)c1ccc2c(c1)CCC2C1CCCCC1. The van der Waals surface area contributed by atoms with Crippen LogP contribution in [0.3, 0.4) is 0 Å². The summed E-state index contributed by atoms with van der Waals surface area (Å²) in [5.74, 6) is 0.628. The second kappa shape index (κ2) is 5.43. The van der Waals surface area contributed by atoms with Crippen molar-refractivity contribution >= 4 is 11.5 Å². The van der Waals surface area contributed by atoms with E-state index in [4.69, 9.17) is 5.11 Å². The van der Waals surface area contributed by atoms with Gasteiger partial charge < -0.3 is 5.11 Å². The third-order valence-electron chi connectivity index (χ3n) is 5.09. The quantitative estimate of drug-likeness (QED) is 0.827. The lowest BCUT2D eigenvalue weighted by molar-refractivity contribution is -0.130. The van der Waals surface area contributed by atoms with Gasteiger partial charge in [0.1, 0.15) is 0 Å². The molecule has 106 valence electrons. The molecule has 2 aliphatic carbocycles. The molecule has 1 N–H and O–H groups in total. The first kappa shape index (κ1) is 13.4. The van der Waals surface area contributed by atoms with Crippen LogP contribution >= 0.6 is 0 Å². The van der Waals surface area contributed by atoms with Gasteiger partial charge in [-0.15, -0.1) is 0 Å². The molecule has 2 aliphatic rings. The van der Waals surface area contributed by atoms with Gasteiger partial charge in [0.2, 0.25) is 0 Å². The fraction of sp³-hybridized carbons (Fsp3) is 0.500. The van der Waals surface area contributed by atoms with Gasteiger partial charge >= 0.3 is 5.97 Å². The number of carboxylic acid groups (broad SMARTS) is 1. The van der Waals surface area contributed by atoms with E-state index >= 15 is 0 Å². The number of carboxylic acids is 1. The maximum absolute atomic E-state index is 11.0. The van der Waals surface area contributed by atoms with Crippen molar-refractivity contribution in [2.24, 2.45) is 5.92 Å². The maximum atomic E-state index is 11.0. The van der Waals surface area contributed by atoms with Gasteiger partial charge in [-0.2, -0.15) is 0 Å². The largest absolute Gasteiger partial charge is 0.478 e. The van der Waals surface area contributed by atoms with Crippen molar-refractivity contribution in [3.63, 3.8) is 0 Å². The van der Waals surface area contributed by atoms with Crippen molar-refractivity contribution < 1.29 is 9.90 Å². The average Bonchev–Trinajstić information content (AvgIpc) is 2.90. The maximum Gasteiger partial charge on any atom is 0.335 e. The van der Waals surface area contributed by atoms with Crippen LogP contribution in [0.5, 0.6) is 0 Å². The van der Waals surface area contributed by atoms with Gasteiger partial charge in [0.15, 0.2) is 0 Å². The highest BCUT2D eigenvalue weighted by Crippen LogP contribution is 2.44. The number of aliphatic carboxylic acids is 1. The fourth-order valence-electron chi connectivity index (χ4n) is 3.99. The van der Waals surface area contributed by atoms with E-state index in [1.165, 1.54) is 49.7 Å². The van der Waals surface area contributed by atoms with Crippen LogP contribution in [0.2, 0.25) is 0 Å². The Morgan fingerprint density at radius 3 is 2.60 bits per heavy atom. The molecule has 0 spiro atoms. The Labute approximate surface area is 120 Å². The Morgan fingerprint density at radius 1 is 1.15 bits per heavy atom. The summed E-state index contributed by atoms with van der Waals surface area (Å²) in [6.45, 7) is 3.66. The van der Waals surface area contributed by atoms with Crippen LogP contribution in [0.1, 0.15) is 61.1 Å². The molecule has 20 heavy (non-hydrogen) atoms. The number of hydrogen-bond acceptors (Lipinski definition) is 1. The van der Waals surface area contributed by atoms with Crippen LogP contribution in [0, 0.1) is 5.92 Å². The summed E-state index contributed by atoms with van der Waals surface area (Å²) >= 11 is 0. The number of benzene rings is 1. The topological polar surface area (TPSA) is 37.3 Å². The van der Waals surface area contributed by atoms with E-state index in [1.54, 1.807) is 0 Å². The average molecular weight is 270 g/mol. The third-order valence-corrected chi connectivity index (χ3v) is 5.09. The Balaban J connectivity index is 1.84.